The van der Waals surface area contributed by atoms with Crippen LogP contribution in [-0.4, -0.2) is 39.9 Å². The number of hydrogen-bond donors (Lipinski definition) is 1. The van der Waals surface area contributed by atoms with Crippen molar-refractivity contribution in [2.45, 2.75) is 12.6 Å². The number of aromatic nitrogens is 2. The van der Waals surface area contributed by atoms with Gasteiger partial charge >= 0.3 is 11.9 Å². The van der Waals surface area contributed by atoms with Gasteiger partial charge in [0, 0.05) is 39.2 Å². The molecule has 1 aromatic carbocycles. The van der Waals surface area contributed by atoms with Crippen LogP contribution in [0.25, 0.3) is 11.0 Å². The predicted molar refractivity (Wildman–Crippen MR) is 93.7 cm³/mol. The van der Waals surface area contributed by atoms with E-state index in [2.05, 4.69) is 0 Å². The first-order valence-electron chi connectivity index (χ1n) is 8.41. The summed E-state index contributed by atoms with van der Waals surface area (Å²) in [6, 6.07) is 2.79. The Morgan fingerprint density at radius 3 is 2.37 bits per heavy atom. The lowest BCUT2D eigenvalue weighted by molar-refractivity contribution is -0.384. The van der Waals surface area contributed by atoms with E-state index in [1.165, 1.54) is 28.3 Å². The standard InChI is InChI=1S/C16H20F3N5O3/c1-21-11-5-13(14(24(26)27)6-12(11)22(2)15(21)25)23-4-3-10(16(17,18)19)9(7-20)8-23/h5-6,9-10H,3-4,7-8,20H2,1-2H3. The Balaban J connectivity index is 2.08. The molecule has 27 heavy (non-hydrogen) atoms. The van der Waals surface area contributed by atoms with E-state index in [-0.39, 0.29) is 43.1 Å². The monoisotopic (exact) mass is 387 g/mol. The second-order valence-corrected chi connectivity index (χ2v) is 6.87. The van der Waals surface area contributed by atoms with Gasteiger partial charge in [0.1, 0.15) is 5.69 Å². The van der Waals surface area contributed by atoms with Crippen LogP contribution in [0.2, 0.25) is 0 Å². The number of nitrogens with zero attached hydrogens (tertiary/aromatic N) is 4. The van der Waals surface area contributed by atoms with Crippen molar-refractivity contribution in [3.63, 3.8) is 0 Å². The first kappa shape index (κ1) is 19.2. The van der Waals surface area contributed by atoms with Crippen LogP contribution >= 0.6 is 0 Å². The summed E-state index contributed by atoms with van der Waals surface area (Å²) in [7, 11) is 3.05. The fourth-order valence-electron chi connectivity index (χ4n) is 3.84. The molecule has 2 heterocycles. The summed E-state index contributed by atoms with van der Waals surface area (Å²) >= 11 is 0. The van der Waals surface area contributed by atoms with Gasteiger partial charge in [-0.05, 0) is 19.0 Å². The predicted octanol–water partition coefficient (Wildman–Crippen LogP) is 1.75. The van der Waals surface area contributed by atoms with Gasteiger partial charge in [-0.2, -0.15) is 13.2 Å². The van der Waals surface area contributed by atoms with Crippen LogP contribution < -0.4 is 16.3 Å². The molecule has 0 radical (unpaired) electrons. The molecule has 2 aromatic rings. The number of alkyl halides is 3. The van der Waals surface area contributed by atoms with Crippen LogP contribution in [0.1, 0.15) is 6.42 Å². The smallest absolute Gasteiger partial charge is 0.366 e. The molecule has 148 valence electrons. The minimum Gasteiger partial charge on any atom is -0.366 e. The number of aryl methyl sites for hydroxylation is 2. The molecule has 11 heteroatoms. The highest BCUT2D eigenvalue weighted by Crippen LogP contribution is 2.41. The van der Waals surface area contributed by atoms with Gasteiger partial charge in [-0.15, -0.1) is 0 Å². The lowest BCUT2D eigenvalue weighted by atomic mass is 9.84. The third-order valence-electron chi connectivity index (χ3n) is 5.36. The lowest BCUT2D eigenvalue weighted by Gasteiger charge is -2.39. The number of nitrogens with two attached hydrogens (primary N) is 1. The number of imidazole rings is 1. The molecule has 8 nitrogen and oxygen atoms in total. The number of piperidine rings is 1. The molecule has 1 saturated heterocycles. The van der Waals surface area contributed by atoms with E-state index in [0.717, 1.165) is 0 Å². The molecule has 1 aromatic heterocycles. The Morgan fingerprint density at radius 1 is 1.26 bits per heavy atom. The average molecular weight is 387 g/mol. The summed E-state index contributed by atoms with van der Waals surface area (Å²) in [6.45, 7) is -0.178. The van der Waals surface area contributed by atoms with Crippen molar-refractivity contribution in [3.8, 4) is 0 Å². The van der Waals surface area contributed by atoms with Gasteiger partial charge < -0.3 is 10.6 Å². The molecule has 0 aliphatic carbocycles. The van der Waals surface area contributed by atoms with Gasteiger partial charge in [-0.1, -0.05) is 0 Å². The van der Waals surface area contributed by atoms with Crippen molar-refractivity contribution in [2.75, 3.05) is 24.5 Å². The summed E-state index contributed by atoms with van der Waals surface area (Å²) in [5.74, 6) is -2.38. The van der Waals surface area contributed by atoms with Crippen LogP contribution in [0.3, 0.4) is 0 Å². The van der Waals surface area contributed by atoms with Crippen LogP contribution in [0.15, 0.2) is 16.9 Å². The molecule has 0 saturated carbocycles. The fourth-order valence-corrected chi connectivity index (χ4v) is 3.84. The molecule has 1 aliphatic heterocycles. The number of anilines is 1. The summed E-state index contributed by atoms with van der Waals surface area (Å²) < 4.78 is 42.3. The molecule has 0 amide bonds. The molecular formula is C16H20F3N5O3. The third-order valence-corrected chi connectivity index (χ3v) is 5.36. The number of fused-ring (bicyclic) bond motifs is 1. The van der Waals surface area contributed by atoms with E-state index in [4.69, 9.17) is 5.73 Å². The van der Waals surface area contributed by atoms with Gasteiger partial charge in [-0.25, -0.2) is 4.79 Å². The Hall–Kier alpha value is -2.56. The van der Waals surface area contributed by atoms with Crippen molar-refractivity contribution in [1.29, 1.82) is 0 Å². The molecule has 1 fully saturated rings. The van der Waals surface area contributed by atoms with Crippen molar-refractivity contribution < 1.29 is 18.1 Å². The van der Waals surface area contributed by atoms with E-state index in [1.807, 2.05) is 0 Å². The number of nitro benzene ring substituents is 1. The van der Waals surface area contributed by atoms with Gasteiger partial charge in [0.25, 0.3) is 5.69 Å². The average Bonchev–Trinajstić information content (AvgIpc) is 2.83. The zero-order valence-corrected chi connectivity index (χ0v) is 14.9. The highest BCUT2D eigenvalue weighted by Gasteiger charge is 2.47. The normalized spacial score (nSPS) is 21.0. The second-order valence-electron chi connectivity index (χ2n) is 6.87. The minimum atomic E-state index is -4.35. The van der Waals surface area contributed by atoms with Crippen LogP contribution in [0, 0.1) is 22.0 Å². The van der Waals surface area contributed by atoms with E-state index in [0.29, 0.717) is 11.0 Å². The van der Waals surface area contributed by atoms with Crippen molar-refractivity contribution in [3.05, 3.63) is 32.7 Å². The second kappa shape index (κ2) is 6.55. The van der Waals surface area contributed by atoms with Gasteiger partial charge in [0.05, 0.1) is 21.9 Å². The van der Waals surface area contributed by atoms with E-state index >= 15 is 0 Å². The summed E-state index contributed by atoms with van der Waals surface area (Å²) in [4.78, 5) is 24.7. The topological polar surface area (TPSA) is 99.3 Å². The maximum Gasteiger partial charge on any atom is 0.392 e. The van der Waals surface area contributed by atoms with Crippen molar-refractivity contribution in [2.24, 2.45) is 31.7 Å². The molecular weight excluding hydrogens is 367 g/mol. The first-order valence-corrected chi connectivity index (χ1v) is 8.41. The van der Waals surface area contributed by atoms with Crippen LogP contribution in [0.5, 0.6) is 0 Å². The summed E-state index contributed by atoms with van der Waals surface area (Å²) in [6.07, 6.45) is -4.54. The number of rotatable bonds is 3. The largest absolute Gasteiger partial charge is 0.392 e. The highest BCUT2D eigenvalue weighted by molar-refractivity contribution is 5.86. The Bertz CT molecular complexity index is 949. The Morgan fingerprint density at radius 2 is 1.85 bits per heavy atom. The van der Waals surface area contributed by atoms with E-state index < -0.39 is 22.9 Å². The Kier molecular flexibility index (Phi) is 4.66. The third kappa shape index (κ3) is 3.15. The molecule has 2 atom stereocenters. The van der Waals surface area contributed by atoms with Crippen LogP contribution in [0.4, 0.5) is 24.5 Å². The molecule has 0 bridgehead atoms. The zero-order chi connectivity index (χ0) is 20.1. The van der Waals surface area contributed by atoms with Crippen molar-refractivity contribution >= 4 is 22.4 Å². The van der Waals surface area contributed by atoms with Gasteiger partial charge in [0.2, 0.25) is 0 Å². The van der Waals surface area contributed by atoms with Gasteiger partial charge in [-0.3, -0.25) is 19.2 Å². The fraction of sp³-hybridized carbons (Fsp3) is 0.562. The summed E-state index contributed by atoms with van der Waals surface area (Å²) in [5.41, 5.74) is 6.04. The molecule has 1 aliphatic rings. The lowest BCUT2D eigenvalue weighted by Crippen LogP contribution is -2.48. The number of nitro groups is 1. The van der Waals surface area contributed by atoms with E-state index in [1.54, 1.807) is 11.9 Å². The van der Waals surface area contributed by atoms with Crippen LogP contribution in [-0.2, 0) is 14.1 Å². The zero-order valence-electron chi connectivity index (χ0n) is 14.9. The number of benzene rings is 1. The highest BCUT2D eigenvalue weighted by atomic mass is 19.4. The quantitative estimate of drug-likeness (QED) is 0.639. The molecule has 2 N–H and O–H groups in total. The molecule has 3 rings (SSSR count). The SMILES string of the molecule is Cn1c(=O)n(C)c2cc([N+](=O)[O-])c(N3CCC(C(F)(F)F)C(CN)C3)cc21. The minimum absolute atomic E-state index is 0.0216. The van der Waals surface area contributed by atoms with Crippen molar-refractivity contribution in [1.82, 2.24) is 9.13 Å². The van der Waals surface area contributed by atoms with E-state index in [9.17, 15) is 28.1 Å². The summed E-state index contributed by atoms with van der Waals surface area (Å²) in [5, 5.41) is 11.6. The Labute approximate surface area is 152 Å². The first-order chi connectivity index (χ1) is 12.6. The molecule has 2 unspecified atom stereocenters. The van der Waals surface area contributed by atoms with Gasteiger partial charge in [0.15, 0.2) is 0 Å². The maximum absolute atomic E-state index is 13.2. The maximum atomic E-state index is 13.2. The number of hydrogen-bond acceptors (Lipinski definition) is 5. The molecule has 0 spiro atoms. The number of halogens is 3.